The average molecular weight is 603 g/mol. The van der Waals surface area contributed by atoms with Gasteiger partial charge in [0.05, 0.1) is 24.8 Å². The van der Waals surface area contributed by atoms with Crippen molar-refractivity contribution in [2.24, 2.45) is 7.05 Å². The number of amides is 2. The summed E-state index contributed by atoms with van der Waals surface area (Å²) >= 11 is 7.38. The Bertz CT molecular complexity index is 1610. The zero-order chi connectivity index (χ0) is 30.5. The molecule has 4 aromatic rings. The van der Waals surface area contributed by atoms with E-state index in [4.69, 9.17) is 11.6 Å². The molecule has 9 nitrogen and oxygen atoms in total. The smallest absolute Gasteiger partial charge is 0.265 e. The highest BCUT2D eigenvalue weighted by atomic mass is 35.5. The van der Waals surface area contributed by atoms with Crippen molar-refractivity contribution in [2.75, 3.05) is 19.3 Å². The zero-order valence-electron chi connectivity index (χ0n) is 24.4. The van der Waals surface area contributed by atoms with Crippen molar-refractivity contribution in [3.8, 4) is 0 Å². The normalized spacial score (nSPS) is 13.5. The summed E-state index contributed by atoms with van der Waals surface area (Å²) in [5, 5.41) is 4.58. The summed E-state index contributed by atoms with van der Waals surface area (Å²) in [7, 11) is 1.84. The Labute approximate surface area is 248 Å². The Morgan fingerprint density at radius 3 is 2.37 bits per heavy atom. The molecule has 1 N–H and O–H groups in total. The zero-order valence-corrected chi connectivity index (χ0v) is 26.0. The number of fused-ring (bicyclic) bond motifs is 3. The second kappa shape index (κ2) is 13.5. The van der Waals surface area contributed by atoms with E-state index in [0.717, 1.165) is 10.7 Å². The first kappa shape index (κ1) is 32.1. The Morgan fingerprint density at radius 1 is 1.15 bits per heavy atom. The molecular weight excluding hydrogens is 567 g/mol. The van der Waals surface area contributed by atoms with Gasteiger partial charge in [0.25, 0.3) is 11.5 Å². The van der Waals surface area contributed by atoms with Crippen LogP contribution in [-0.4, -0.2) is 60.8 Å². The average Bonchev–Trinajstić information content (AvgIpc) is 3.30. The number of thioether (sulfide) groups is 1. The number of likely N-dealkylation sites (tertiary alicyclic amines) is 1. The lowest BCUT2D eigenvalue weighted by Gasteiger charge is -2.42. The standard InChI is InChI=1S/C25H24ClFN6O3S.2C2H6/c1-25(27)12-32(13-25)19(34)11-33-21-16(20-18(10-28-21)30-24(37-3)31(20)2)8-17(23(33)36)22(35)29-9-14-4-6-15(26)7-5-14;2*1-2/h4-8,10H,9,11-13H2,1-3H3,(H,29,35);2*1-2H3. The van der Waals surface area contributed by atoms with E-state index in [-0.39, 0.29) is 37.4 Å². The van der Waals surface area contributed by atoms with Crippen molar-refractivity contribution in [1.29, 1.82) is 0 Å². The van der Waals surface area contributed by atoms with Gasteiger partial charge in [0.15, 0.2) is 5.16 Å². The molecule has 1 aromatic carbocycles. The van der Waals surface area contributed by atoms with E-state index in [0.29, 0.717) is 21.4 Å². The molecule has 0 atom stereocenters. The minimum absolute atomic E-state index is 0.0454. The number of hydrogen-bond donors (Lipinski definition) is 1. The maximum Gasteiger partial charge on any atom is 0.265 e. The van der Waals surface area contributed by atoms with Gasteiger partial charge in [0.1, 0.15) is 28.9 Å². The lowest BCUT2D eigenvalue weighted by atomic mass is 9.99. The summed E-state index contributed by atoms with van der Waals surface area (Å²) < 4.78 is 17.1. The predicted molar refractivity (Wildman–Crippen MR) is 163 cm³/mol. The number of carbonyl (C=O) groups excluding carboxylic acids is 2. The number of carbonyl (C=O) groups is 2. The van der Waals surface area contributed by atoms with Crippen LogP contribution in [0.5, 0.6) is 0 Å². The molecular formula is C29H36ClFN6O3S. The van der Waals surface area contributed by atoms with Crippen LogP contribution in [0.1, 0.15) is 50.5 Å². The summed E-state index contributed by atoms with van der Waals surface area (Å²) in [5.74, 6) is -1.01. The van der Waals surface area contributed by atoms with E-state index >= 15 is 0 Å². The minimum atomic E-state index is -1.45. The number of nitrogens with zero attached hydrogens (tertiary/aromatic N) is 5. The van der Waals surface area contributed by atoms with Crippen LogP contribution in [0.15, 0.2) is 46.5 Å². The van der Waals surface area contributed by atoms with Crippen LogP contribution in [-0.2, 0) is 24.9 Å². The summed E-state index contributed by atoms with van der Waals surface area (Å²) in [5.41, 5.74) is 0.105. The van der Waals surface area contributed by atoms with Gasteiger partial charge in [-0.15, -0.1) is 0 Å². The van der Waals surface area contributed by atoms with Crippen LogP contribution >= 0.6 is 23.4 Å². The van der Waals surface area contributed by atoms with Gasteiger partial charge >= 0.3 is 0 Å². The largest absolute Gasteiger partial charge is 0.348 e. The van der Waals surface area contributed by atoms with Crippen molar-refractivity contribution < 1.29 is 14.0 Å². The molecule has 0 saturated carbocycles. The van der Waals surface area contributed by atoms with E-state index in [1.54, 1.807) is 30.5 Å². The highest BCUT2D eigenvalue weighted by molar-refractivity contribution is 7.98. The van der Waals surface area contributed by atoms with Crippen molar-refractivity contribution in [3.63, 3.8) is 0 Å². The molecule has 1 fully saturated rings. The second-order valence-electron chi connectivity index (χ2n) is 9.31. The number of aromatic nitrogens is 4. The van der Waals surface area contributed by atoms with E-state index in [9.17, 15) is 18.8 Å². The van der Waals surface area contributed by atoms with E-state index in [1.807, 2.05) is 45.6 Å². The van der Waals surface area contributed by atoms with Crippen LogP contribution in [0, 0.1) is 0 Å². The molecule has 12 heteroatoms. The molecule has 1 saturated heterocycles. The van der Waals surface area contributed by atoms with Crippen molar-refractivity contribution in [3.05, 3.63) is 63.0 Å². The summed E-state index contributed by atoms with van der Waals surface area (Å²) in [4.78, 5) is 50.0. The first-order chi connectivity index (χ1) is 19.6. The minimum Gasteiger partial charge on any atom is -0.348 e. The van der Waals surface area contributed by atoms with Gasteiger partial charge in [-0.3, -0.25) is 19.0 Å². The monoisotopic (exact) mass is 602 g/mol. The van der Waals surface area contributed by atoms with E-state index < -0.39 is 23.0 Å². The Morgan fingerprint density at radius 2 is 1.78 bits per heavy atom. The van der Waals surface area contributed by atoms with Gasteiger partial charge < -0.3 is 14.8 Å². The fourth-order valence-electron chi connectivity index (χ4n) is 4.53. The molecule has 220 valence electrons. The van der Waals surface area contributed by atoms with Gasteiger partial charge in [0.2, 0.25) is 5.91 Å². The number of rotatable bonds is 6. The number of alkyl halides is 1. The molecule has 0 aliphatic carbocycles. The third-order valence-corrected chi connectivity index (χ3v) is 7.37. The first-order valence-electron chi connectivity index (χ1n) is 13.5. The van der Waals surface area contributed by atoms with Gasteiger partial charge in [0, 0.05) is 24.0 Å². The second-order valence-corrected chi connectivity index (χ2v) is 10.5. The molecule has 0 bridgehead atoms. The number of aryl methyl sites for hydroxylation is 1. The van der Waals surface area contributed by atoms with E-state index in [1.165, 1.54) is 34.2 Å². The molecule has 3 aromatic heterocycles. The third kappa shape index (κ3) is 6.73. The van der Waals surface area contributed by atoms with Crippen LogP contribution in [0.2, 0.25) is 5.02 Å². The first-order valence-corrected chi connectivity index (χ1v) is 15.1. The Kier molecular flexibility index (Phi) is 10.5. The molecule has 1 aliphatic heterocycles. The van der Waals surface area contributed by atoms with Gasteiger partial charge in [-0.05, 0) is 36.9 Å². The Hall–Kier alpha value is -3.44. The maximum absolute atomic E-state index is 14.0. The van der Waals surface area contributed by atoms with Crippen LogP contribution in [0.4, 0.5) is 4.39 Å². The summed E-state index contributed by atoms with van der Waals surface area (Å²) in [6.45, 7) is 9.15. The van der Waals surface area contributed by atoms with E-state index in [2.05, 4.69) is 15.3 Å². The third-order valence-electron chi connectivity index (χ3n) is 6.39. The van der Waals surface area contributed by atoms with Crippen molar-refractivity contribution in [2.45, 2.75) is 58.5 Å². The molecule has 1 aliphatic rings. The predicted octanol–water partition coefficient (Wildman–Crippen LogP) is 5.21. The number of nitrogens with one attached hydrogen (secondary N) is 1. The number of imidazole rings is 1. The summed E-state index contributed by atoms with van der Waals surface area (Å²) in [6.07, 6.45) is 3.44. The molecule has 0 unspecified atom stereocenters. The number of halogens is 2. The number of benzene rings is 1. The molecule has 2 amide bonds. The molecule has 5 rings (SSSR count). The lowest BCUT2D eigenvalue weighted by molar-refractivity contribution is -0.144. The molecule has 0 spiro atoms. The van der Waals surface area contributed by atoms with Gasteiger partial charge in [-0.1, -0.05) is 63.2 Å². The van der Waals surface area contributed by atoms with Crippen molar-refractivity contribution >= 4 is 57.2 Å². The maximum atomic E-state index is 14.0. The molecule has 41 heavy (non-hydrogen) atoms. The molecule has 0 radical (unpaired) electrons. The van der Waals surface area contributed by atoms with Crippen LogP contribution in [0.25, 0.3) is 22.1 Å². The SMILES string of the molecule is CC.CC.CSc1nc2cnc3c(cc(C(=O)NCc4ccc(Cl)cc4)c(=O)n3CC(=O)N3CC(C)(F)C3)c2n1C. The van der Waals surface area contributed by atoms with Gasteiger partial charge in [-0.25, -0.2) is 14.4 Å². The fourth-order valence-corrected chi connectivity index (χ4v) is 5.21. The highest BCUT2D eigenvalue weighted by Gasteiger charge is 2.41. The van der Waals surface area contributed by atoms with Crippen LogP contribution in [0.3, 0.4) is 0 Å². The number of pyridine rings is 2. The fraction of sp³-hybridized carbons (Fsp3) is 0.414. The highest BCUT2D eigenvalue weighted by Crippen LogP contribution is 2.28. The van der Waals surface area contributed by atoms with Crippen molar-refractivity contribution in [1.82, 2.24) is 29.3 Å². The number of hydrogen-bond acceptors (Lipinski definition) is 6. The Balaban J connectivity index is 0.00000111. The summed E-state index contributed by atoms with van der Waals surface area (Å²) in [6, 6.07) is 8.48. The quantitative estimate of drug-likeness (QED) is 0.304. The van der Waals surface area contributed by atoms with Crippen LogP contribution < -0.4 is 10.9 Å². The molecule has 4 heterocycles. The lowest BCUT2D eigenvalue weighted by Crippen LogP contribution is -2.60. The van der Waals surface area contributed by atoms with Gasteiger partial charge in [-0.2, -0.15) is 0 Å². The topological polar surface area (TPSA) is 102 Å².